The molecule has 8 heteroatoms. The molecule has 2 aliphatic rings. The Labute approximate surface area is 188 Å². The van der Waals surface area contributed by atoms with E-state index in [4.69, 9.17) is 11.6 Å². The van der Waals surface area contributed by atoms with Gasteiger partial charge < -0.3 is 15.1 Å². The molecular formula is C20H26ClIN6. The van der Waals surface area contributed by atoms with Gasteiger partial charge in [-0.05, 0) is 36.6 Å². The number of benzene rings is 1. The molecule has 2 fully saturated rings. The van der Waals surface area contributed by atoms with Crippen molar-refractivity contribution in [1.29, 1.82) is 0 Å². The van der Waals surface area contributed by atoms with E-state index in [9.17, 15) is 0 Å². The van der Waals surface area contributed by atoms with E-state index in [2.05, 4.69) is 42.2 Å². The maximum atomic E-state index is 6.04. The van der Waals surface area contributed by atoms with Crippen molar-refractivity contribution in [3.8, 4) is 0 Å². The molecule has 6 nitrogen and oxygen atoms in total. The Kier molecular flexibility index (Phi) is 6.98. The van der Waals surface area contributed by atoms with Crippen LogP contribution in [0, 0.1) is 0 Å². The summed E-state index contributed by atoms with van der Waals surface area (Å²) < 4.78 is 0. The first-order valence-electron chi connectivity index (χ1n) is 9.44. The van der Waals surface area contributed by atoms with Crippen LogP contribution in [-0.4, -0.2) is 60.6 Å². The molecule has 2 heterocycles. The third-order valence-corrected chi connectivity index (χ3v) is 5.77. The summed E-state index contributed by atoms with van der Waals surface area (Å²) in [4.78, 5) is 17.7. The van der Waals surface area contributed by atoms with Crippen LogP contribution in [0.3, 0.4) is 0 Å². The zero-order valence-electron chi connectivity index (χ0n) is 16.0. The molecule has 150 valence electrons. The predicted octanol–water partition coefficient (Wildman–Crippen LogP) is 3.18. The van der Waals surface area contributed by atoms with Crippen molar-refractivity contribution >= 4 is 47.5 Å². The summed E-state index contributed by atoms with van der Waals surface area (Å²) in [6.07, 6.45) is 6.00. The second kappa shape index (κ2) is 9.26. The van der Waals surface area contributed by atoms with E-state index in [1.807, 2.05) is 25.2 Å². The highest BCUT2D eigenvalue weighted by atomic mass is 127. The number of rotatable bonds is 4. The molecule has 28 heavy (non-hydrogen) atoms. The Morgan fingerprint density at radius 1 is 1.11 bits per heavy atom. The monoisotopic (exact) mass is 512 g/mol. The zero-order valence-corrected chi connectivity index (χ0v) is 19.1. The predicted molar refractivity (Wildman–Crippen MR) is 125 cm³/mol. The fourth-order valence-corrected chi connectivity index (χ4v) is 3.80. The van der Waals surface area contributed by atoms with Gasteiger partial charge >= 0.3 is 0 Å². The lowest BCUT2D eigenvalue weighted by Crippen LogP contribution is -2.53. The number of piperazine rings is 1. The van der Waals surface area contributed by atoms with E-state index < -0.39 is 0 Å². The summed E-state index contributed by atoms with van der Waals surface area (Å²) >= 11 is 6.04. The van der Waals surface area contributed by atoms with Gasteiger partial charge in [-0.3, -0.25) is 4.99 Å². The Morgan fingerprint density at radius 2 is 1.75 bits per heavy atom. The highest BCUT2D eigenvalue weighted by Gasteiger charge is 2.44. The number of hydrogen-bond donors (Lipinski definition) is 1. The molecule has 1 saturated heterocycles. The van der Waals surface area contributed by atoms with E-state index >= 15 is 0 Å². The third-order valence-electron chi connectivity index (χ3n) is 5.52. The molecule has 1 saturated carbocycles. The van der Waals surface area contributed by atoms with Crippen molar-refractivity contribution < 1.29 is 0 Å². The molecule has 1 N–H and O–H groups in total. The summed E-state index contributed by atoms with van der Waals surface area (Å²) in [5.74, 6) is 1.78. The van der Waals surface area contributed by atoms with E-state index in [0.717, 1.165) is 49.7 Å². The second-order valence-electron chi connectivity index (χ2n) is 7.21. The first-order valence-corrected chi connectivity index (χ1v) is 9.82. The standard InChI is InChI=1S/C20H25ClN6.HI/c1-22-18(25-15-20(7-8-20)16-3-5-17(21)6-4-16)26-11-13-27(14-12-26)19-23-9-2-10-24-19;/h2-6,9-10H,7-8,11-15H2,1H3,(H,22,25);1H. The molecule has 2 aromatic rings. The van der Waals surface area contributed by atoms with Crippen molar-refractivity contribution in [3.63, 3.8) is 0 Å². The molecule has 0 radical (unpaired) electrons. The average Bonchev–Trinajstić information content (AvgIpc) is 3.51. The topological polar surface area (TPSA) is 56.7 Å². The second-order valence-corrected chi connectivity index (χ2v) is 7.65. The number of hydrogen-bond acceptors (Lipinski definition) is 4. The molecule has 4 rings (SSSR count). The number of aliphatic imine (C=N–C) groups is 1. The molecule has 1 aliphatic carbocycles. The number of anilines is 1. The first-order chi connectivity index (χ1) is 13.2. The summed E-state index contributed by atoms with van der Waals surface area (Å²) in [5, 5.41) is 4.39. The van der Waals surface area contributed by atoms with Crippen LogP contribution >= 0.6 is 35.6 Å². The lowest BCUT2D eigenvalue weighted by atomic mass is 9.96. The SMILES string of the molecule is CN=C(NCC1(c2ccc(Cl)cc2)CC1)N1CCN(c2ncccn2)CC1.I. The van der Waals surface area contributed by atoms with Crippen LogP contribution in [0.1, 0.15) is 18.4 Å². The van der Waals surface area contributed by atoms with Gasteiger partial charge in [0.2, 0.25) is 5.95 Å². The smallest absolute Gasteiger partial charge is 0.225 e. The third kappa shape index (κ3) is 4.68. The maximum absolute atomic E-state index is 6.04. The molecular weight excluding hydrogens is 487 g/mol. The van der Waals surface area contributed by atoms with Gasteiger partial charge in [0.1, 0.15) is 0 Å². The van der Waals surface area contributed by atoms with Gasteiger partial charge in [-0.2, -0.15) is 0 Å². The molecule has 1 aromatic heterocycles. The maximum Gasteiger partial charge on any atom is 0.225 e. The fourth-order valence-electron chi connectivity index (χ4n) is 3.68. The lowest BCUT2D eigenvalue weighted by molar-refractivity contribution is 0.368. The number of guanidine groups is 1. The van der Waals surface area contributed by atoms with Gasteiger partial charge in [-0.15, -0.1) is 24.0 Å². The molecule has 0 amide bonds. The molecule has 0 atom stereocenters. The Hall–Kier alpha value is -1.61. The highest BCUT2D eigenvalue weighted by Crippen LogP contribution is 2.47. The van der Waals surface area contributed by atoms with E-state index in [0.29, 0.717) is 0 Å². The first kappa shape index (κ1) is 21.1. The summed E-state index contributed by atoms with van der Waals surface area (Å²) in [7, 11) is 1.86. The molecule has 0 unspecified atom stereocenters. The summed E-state index contributed by atoms with van der Waals surface area (Å²) in [6.45, 7) is 4.52. The van der Waals surface area contributed by atoms with Crippen LogP contribution in [0.25, 0.3) is 0 Å². The fraction of sp³-hybridized carbons (Fsp3) is 0.450. The van der Waals surface area contributed by atoms with Crippen molar-refractivity contribution in [2.75, 3.05) is 44.7 Å². The van der Waals surface area contributed by atoms with Gasteiger partial charge in [0, 0.05) is 62.6 Å². The van der Waals surface area contributed by atoms with Crippen LogP contribution in [-0.2, 0) is 5.41 Å². The Morgan fingerprint density at radius 3 is 2.32 bits per heavy atom. The van der Waals surface area contributed by atoms with Crippen LogP contribution in [0.2, 0.25) is 5.02 Å². The number of nitrogens with one attached hydrogen (secondary N) is 1. The van der Waals surface area contributed by atoms with Crippen LogP contribution in [0.4, 0.5) is 5.95 Å². The summed E-state index contributed by atoms with van der Waals surface area (Å²) in [5.41, 5.74) is 1.58. The van der Waals surface area contributed by atoms with Gasteiger partial charge in [-0.1, -0.05) is 23.7 Å². The lowest BCUT2D eigenvalue weighted by Gasteiger charge is -2.36. The largest absolute Gasteiger partial charge is 0.355 e. The molecule has 1 aliphatic heterocycles. The van der Waals surface area contributed by atoms with Crippen LogP contribution in [0.15, 0.2) is 47.7 Å². The van der Waals surface area contributed by atoms with Gasteiger partial charge in [0.15, 0.2) is 5.96 Å². The quantitative estimate of drug-likeness (QED) is 0.387. The van der Waals surface area contributed by atoms with Gasteiger partial charge in [-0.25, -0.2) is 9.97 Å². The van der Waals surface area contributed by atoms with Gasteiger partial charge in [0.05, 0.1) is 0 Å². The number of aromatic nitrogens is 2. The van der Waals surface area contributed by atoms with Crippen molar-refractivity contribution in [1.82, 2.24) is 20.2 Å². The van der Waals surface area contributed by atoms with E-state index in [-0.39, 0.29) is 29.4 Å². The normalized spacial score (nSPS) is 18.4. The number of halogens is 2. The van der Waals surface area contributed by atoms with Crippen molar-refractivity contribution in [2.24, 2.45) is 4.99 Å². The van der Waals surface area contributed by atoms with E-state index in [1.165, 1.54) is 18.4 Å². The number of nitrogens with zero attached hydrogens (tertiary/aromatic N) is 5. The van der Waals surface area contributed by atoms with Crippen molar-refractivity contribution in [3.05, 3.63) is 53.3 Å². The van der Waals surface area contributed by atoms with Crippen LogP contribution < -0.4 is 10.2 Å². The molecule has 1 aromatic carbocycles. The van der Waals surface area contributed by atoms with Crippen LogP contribution in [0.5, 0.6) is 0 Å². The Bertz CT molecular complexity index is 786. The minimum Gasteiger partial charge on any atom is -0.355 e. The summed E-state index contributed by atoms with van der Waals surface area (Å²) in [6, 6.07) is 10.1. The zero-order chi connectivity index (χ0) is 18.7. The minimum absolute atomic E-state index is 0. The van der Waals surface area contributed by atoms with Crippen molar-refractivity contribution in [2.45, 2.75) is 18.3 Å². The molecule has 0 bridgehead atoms. The highest BCUT2D eigenvalue weighted by molar-refractivity contribution is 14.0. The average molecular weight is 513 g/mol. The minimum atomic E-state index is 0. The van der Waals surface area contributed by atoms with Gasteiger partial charge in [0.25, 0.3) is 0 Å². The van der Waals surface area contributed by atoms with E-state index in [1.54, 1.807) is 12.4 Å². The Balaban J connectivity index is 0.00000225. The molecule has 0 spiro atoms.